The van der Waals surface area contributed by atoms with Crippen LogP contribution >= 0.6 is 15.9 Å². The predicted molar refractivity (Wildman–Crippen MR) is 104 cm³/mol. The first-order valence-corrected chi connectivity index (χ1v) is 8.51. The van der Waals surface area contributed by atoms with Crippen molar-refractivity contribution in [1.82, 2.24) is 5.32 Å². The number of ether oxygens (including phenoxy) is 1. The molecule has 2 aromatic carbocycles. The summed E-state index contributed by atoms with van der Waals surface area (Å²) in [5.41, 5.74) is 0.646. The summed E-state index contributed by atoms with van der Waals surface area (Å²) in [7, 11) is 0. The lowest BCUT2D eigenvalue weighted by Gasteiger charge is -2.10. The molecule has 0 saturated carbocycles. The normalized spacial score (nSPS) is 10.8. The van der Waals surface area contributed by atoms with Gasteiger partial charge in [0.2, 0.25) is 0 Å². The van der Waals surface area contributed by atoms with Crippen LogP contribution in [-0.4, -0.2) is 23.4 Å². The Hall–Kier alpha value is -3.26. The Labute approximate surface area is 163 Å². The summed E-state index contributed by atoms with van der Waals surface area (Å²) in [5, 5.41) is 13.3. The van der Waals surface area contributed by atoms with Gasteiger partial charge < -0.3 is 10.1 Å². The van der Waals surface area contributed by atoms with Crippen LogP contribution in [0.3, 0.4) is 0 Å². The van der Waals surface area contributed by atoms with Crippen LogP contribution in [0.5, 0.6) is 0 Å². The van der Waals surface area contributed by atoms with Crippen molar-refractivity contribution in [3.8, 4) is 0 Å². The molecule has 0 unspecified atom stereocenters. The summed E-state index contributed by atoms with van der Waals surface area (Å²) < 4.78 is 5.70. The predicted octanol–water partition coefficient (Wildman–Crippen LogP) is 3.86. The smallest absolute Gasteiger partial charge is 0.355 e. The number of carbonyl (C=O) groups is 2. The lowest BCUT2D eigenvalue weighted by atomic mass is 10.1. The Morgan fingerprint density at radius 2 is 1.93 bits per heavy atom. The van der Waals surface area contributed by atoms with Gasteiger partial charge in [0.25, 0.3) is 11.6 Å². The highest BCUT2D eigenvalue weighted by molar-refractivity contribution is 9.10. The van der Waals surface area contributed by atoms with Crippen molar-refractivity contribution >= 4 is 39.6 Å². The van der Waals surface area contributed by atoms with Gasteiger partial charge in [0.05, 0.1) is 4.92 Å². The number of amides is 1. The number of hydrogen-bond donors (Lipinski definition) is 1. The van der Waals surface area contributed by atoms with E-state index < -0.39 is 16.8 Å². The number of nitro groups is 1. The molecule has 0 heterocycles. The fourth-order valence-electron chi connectivity index (χ4n) is 2.04. The number of rotatable bonds is 7. The monoisotopic (exact) mass is 430 g/mol. The zero-order valence-electron chi connectivity index (χ0n) is 14.1. The second-order valence-corrected chi connectivity index (χ2v) is 6.17. The van der Waals surface area contributed by atoms with E-state index in [0.29, 0.717) is 15.6 Å². The Morgan fingerprint density at radius 3 is 2.52 bits per heavy atom. The summed E-state index contributed by atoms with van der Waals surface area (Å²) in [5.74, 6) is -1.25. The summed E-state index contributed by atoms with van der Waals surface area (Å²) >= 11 is 3.28. The molecule has 138 valence electrons. The van der Waals surface area contributed by atoms with E-state index >= 15 is 0 Å². The van der Waals surface area contributed by atoms with E-state index in [1.165, 1.54) is 36.4 Å². The van der Waals surface area contributed by atoms with Crippen LogP contribution in [0.15, 0.2) is 71.4 Å². The van der Waals surface area contributed by atoms with E-state index in [1.54, 1.807) is 24.3 Å². The first-order chi connectivity index (χ1) is 12.9. The van der Waals surface area contributed by atoms with Crippen LogP contribution in [0.25, 0.3) is 6.08 Å². The number of halogens is 1. The Morgan fingerprint density at radius 1 is 1.22 bits per heavy atom. The first-order valence-electron chi connectivity index (χ1n) is 7.72. The number of nitro benzene ring substituents is 1. The van der Waals surface area contributed by atoms with E-state index in [1.807, 2.05) is 0 Å². The molecule has 0 aromatic heterocycles. The van der Waals surface area contributed by atoms with E-state index in [9.17, 15) is 19.7 Å². The second-order valence-electron chi connectivity index (χ2n) is 5.26. The SMILES string of the molecule is C=CCOC(=O)C(=Cc1ccc([N+](=O)[O-])cc1)NC(=O)c1cccc(Br)c1. The molecular weight excluding hydrogens is 416 g/mol. The molecule has 8 heteroatoms. The van der Waals surface area contributed by atoms with Crippen LogP contribution < -0.4 is 5.32 Å². The number of benzene rings is 2. The third kappa shape index (κ3) is 5.89. The van der Waals surface area contributed by atoms with Gasteiger partial charge in [-0.25, -0.2) is 4.79 Å². The van der Waals surface area contributed by atoms with Crippen molar-refractivity contribution in [3.63, 3.8) is 0 Å². The minimum atomic E-state index is -0.753. The Balaban J connectivity index is 2.29. The van der Waals surface area contributed by atoms with E-state index in [2.05, 4.69) is 27.8 Å². The quantitative estimate of drug-likeness (QED) is 0.236. The molecule has 0 spiro atoms. The molecule has 0 aliphatic rings. The van der Waals surface area contributed by atoms with Gasteiger partial charge in [0.15, 0.2) is 0 Å². The van der Waals surface area contributed by atoms with Gasteiger partial charge in [0.1, 0.15) is 12.3 Å². The summed E-state index contributed by atoms with van der Waals surface area (Å²) in [4.78, 5) is 34.9. The molecule has 1 N–H and O–H groups in total. The summed E-state index contributed by atoms with van der Waals surface area (Å²) in [6.07, 6.45) is 2.78. The maximum absolute atomic E-state index is 12.4. The average molecular weight is 431 g/mol. The standard InChI is InChI=1S/C19H15BrN2O5/c1-2-10-27-19(24)17(11-13-6-8-16(9-7-13)22(25)26)21-18(23)14-4-3-5-15(20)12-14/h2-9,11-12H,1,10H2,(H,21,23). The number of hydrogen-bond acceptors (Lipinski definition) is 5. The molecule has 0 saturated heterocycles. The van der Waals surface area contributed by atoms with Crippen molar-refractivity contribution in [3.05, 3.63) is 92.6 Å². The molecule has 0 bridgehead atoms. The molecule has 27 heavy (non-hydrogen) atoms. The number of nitrogens with one attached hydrogen (secondary N) is 1. The fraction of sp³-hybridized carbons (Fsp3) is 0.0526. The van der Waals surface area contributed by atoms with Gasteiger partial charge in [0, 0.05) is 22.2 Å². The largest absolute Gasteiger partial charge is 0.457 e. The molecule has 0 aliphatic carbocycles. The first kappa shape index (κ1) is 20.1. The minimum absolute atomic E-state index is 0.0246. The van der Waals surface area contributed by atoms with E-state index in [4.69, 9.17) is 4.74 Å². The van der Waals surface area contributed by atoms with Crippen LogP contribution in [0.2, 0.25) is 0 Å². The lowest BCUT2D eigenvalue weighted by molar-refractivity contribution is -0.384. The third-order valence-corrected chi connectivity index (χ3v) is 3.80. The second kappa shape index (κ2) is 9.44. The van der Waals surface area contributed by atoms with Gasteiger partial charge in [-0.1, -0.05) is 34.7 Å². The highest BCUT2D eigenvalue weighted by atomic mass is 79.9. The summed E-state index contributed by atoms with van der Waals surface area (Å²) in [6, 6.07) is 12.2. The Kier molecular flexibility index (Phi) is 7.01. The highest BCUT2D eigenvalue weighted by Gasteiger charge is 2.16. The molecular formula is C19H15BrN2O5. The molecule has 1 amide bonds. The maximum Gasteiger partial charge on any atom is 0.355 e. The van der Waals surface area contributed by atoms with Crippen LogP contribution in [0.1, 0.15) is 15.9 Å². The third-order valence-electron chi connectivity index (χ3n) is 3.30. The van der Waals surface area contributed by atoms with Crippen molar-refractivity contribution in [2.24, 2.45) is 0 Å². The number of esters is 1. The molecule has 2 rings (SSSR count). The molecule has 0 radical (unpaired) electrons. The van der Waals surface area contributed by atoms with Gasteiger partial charge in [-0.2, -0.15) is 0 Å². The van der Waals surface area contributed by atoms with Crippen molar-refractivity contribution < 1.29 is 19.2 Å². The maximum atomic E-state index is 12.4. The van der Waals surface area contributed by atoms with Gasteiger partial charge >= 0.3 is 5.97 Å². The topological polar surface area (TPSA) is 98.5 Å². The molecule has 0 aliphatic heterocycles. The van der Waals surface area contributed by atoms with Gasteiger partial charge in [-0.3, -0.25) is 14.9 Å². The molecule has 7 nitrogen and oxygen atoms in total. The molecule has 0 fully saturated rings. The zero-order valence-corrected chi connectivity index (χ0v) is 15.6. The lowest BCUT2D eigenvalue weighted by Crippen LogP contribution is -2.28. The van der Waals surface area contributed by atoms with Crippen molar-refractivity contribution in [1.29, 1.82) is 0 Å². The number of non-ortho nitro benzene ring substituents is 1. The van der Waals surface area contributed by atoms with Crippen molar-refractivity contribution in [2.45, 2.75) is 0 Å². The molecule has 0 atom stereocenters. The van der Waals surface area contributed by atoms with E-state index in [-0.39, 0.29) is 18.0 Å². The van der Waals surface area contributed by atoms with E-state index in [0.717, 1.165) is 0 Å². The fourth-order valence-corrected chi connectivity index (χ4v) is 2.44. The van der Waals surface area contributed by atoms with Gasteiger partial charge in [-0.15, -0.1) is 0 Å². The van der Waals surface area contributed by atoms with Crippen LogP contribution in [-0.2, 0) is 9.53 Å². The minimum Gasteiger partial charge on any atom is -0.457 e. The van der Waals surface area contributed by atoms with Gasteiger partial charge in [-0.05, 0) is 42.0 Å². The summed E-state index contributed by atoms with van der Waals surface area (Å²) in [6.45, 7) is 3.44. The Bertz CT molecular complexity index is 907. The van der Waals surface area contributed by atoms with Crippen LogP contribution in [0, 0.1) is 10.1 Å². The highest BCUT2D eigenvalue weighted by Crippen LogP contribution is 2.15. The molecule has 2 aromatic rings. The zero-order chi connectivity index (χ0) is 19.8. The number of nitrogens with zero attached hydrogens (tertiary/aromatic N) is 1. The average Bonchev–Trinajstić information content (AvgIpc) is 2.65. The van der Waals surface area contributed by atoms with Crippen LogP contribution in [0.4, 0.5) is 5.69 Å². The number of carbonyl (C=O) groups excluding carboxylic acids is 2. The van der Waals surface area contributed by atoms with Crippen molar-refractivity contribution in [2.75, 3.05) is 6.61 Å².